The predicted molar refractivity (Wildman–Crippen MR) is 140 cm³/mol. The first-order valence-corrected chi connectivity index (χ1v) is 13.5. The molecule has 0 saturated carbocycles. The van der Waals surface area contributed by atoms with E-state index in [4.69, 9.17) is 9.84 Å². The smallest absolute Gasteiger partial charge is 0.407 e. The van der Waals surface area contributed by atoms with Gasteiger partial charge in [-0.05, 0) is 76.5 Å². The Labute approximate surface area is 224 Å². The van der Waals surface area contributed by atoms with E-state index in [1.165, 1.54) is 17.0 Å². The number of nitrogens with zero attached hydrogens (tertiary/aromatic N) is 2. The third kappa shape index (κ3) is 8.92. The number of carboxylic acid groups (broad SMARTS) is 1. The highest BCUT2D eigenvalue weighted by Crippen LogP contribution is 2.26. The van der Waals surface area contributed by atoms with Crippen LogP contribution in [-0.4, -0.2) is 75.7 Å². The minimum Gasteiger partial charge on any atom is -0.508 e. The first-order chi connectivity index (χ1) is 17.9. The van der Waals surface area contributed by atoms with E-state index in [0.29, 0.717) is 50.5 Å². The second kappa shape index (κ2) is 13.0. The molecule has 0 aromatic heterocycles. The van der Waals surface area contributed by atoms with Crippen molar-refractivity contribution in [2.75, 3.05) is 26.2 Å². The fourth-order valence-corrected chi connectivity index (χ4v) is 5.11. The number of rotatable bonds is 8. The van der Waals surface area contributed by atoms with Gasteiger partial charge in [-0.15, -0.1) is 0 Å². The van der Waals surface area contributed by atoms with Crippen LogP contribution < -0.4 is 5.32 Å². The molecule has 210 valence electrons. The monoisotopic (exact) mass is 531 g/mol. The number of likely N-dealkylation sites (tertiary alicyclic amines) is 2. The summed E-state index contributed by atoms with van der Waals surface area (Å²) in [7, 11) is 0. The van der Waals surface area contributed by atoms with Crippen molar-refractivity contribution in [3.05, 3.63) is 29.8 Å². The van der Waals surface area contributed by atoms with E-state index in [1.807, 2.05) is 0 Å². The number of hydrogen-bond acceptors (Lipinski definition) is 6. The van der Waals surface area contributed by atoms with Gasteiger partial charge in [-0.1, -0.05) is 12.1 Å². The summed E-state index contributed by atoms with van der Waals surface area (Å²) >= 11 is 0. The lowest BCUT2D eigenvalue weighted by atomic mass is 9.91. The van der Waals surface area contributed by atoms with Gasteiger partial charge in [0, 0.05) is 32.6 Å². The summed E-state index contributed by atoms with van der Waals surface area (Å²) in [5, 5.41) is 21.7. The summed E-state index contributed by atoms with van der Waals surface area (Å²) in [6.07, 6.45) is 3.07. The van der Waals surface area contributed by atoms with E-state index in [2.05, 4.69) is 5.32 Å². The van der Waals surface area contributed by atoms with Crippen LogP contribution in [0.15, 0.2) is 24.3 Å². The number of benzene rings is 1. The number of carbonyl (C=O) groups excluding carboxylic acids is 3. The first kappa shape index (κ1) is 29.3. The number of aromatic hydroxyl groups is 1. The molecule has 0 bridgehead atoms. The number of ether oxygens (including phenoxy) is 1. The van der Waals surface area contributed by atoms with E-state index < -0.39 is 23.7 Å². The van der Waals surface area contributed by atoms with Gasteiger partial charge in [0.05, 0.1) is 18.4 Å². The first-order valence-electron chi connectivity index (χ1n) is 13.5. The number of phenols is 1. The molecule has 10 nitrogen and oxygen atoms in total. The lowest BCUT2D eigenvalue weighted by Gasteiger charge is -2.34. The number of amides is 3. The zero-order chi connectivity index (χ0) is 27.9. The Kier molecular flexibility index (Phi) is 9.99. The van der Waals surface area contributed by atoms with Crippen LogP contribution in [0.3, 0.4) is 0 Å². The van der Waals surface area contributed by atoms with Crippen molar-refractivity contribution in [3.63, 3.8) is 0 Å². The van der Waals surface area contributed by atoms with Crippen molar-refractivity contribution in [2.24, 2.45) is 11.8 Å². The quantitative estimate of drug-likeness (QED) is 0.435. The molecule has 1 aromatic rings. The largest absolute Gasteiger partial charge is 0.508 e. The van der Waals surface area contributed by atoms with Crippen LogP contribution >= 0.6 is 0 Å². The molecular formula is C28H41N3O7. The summed E-state index contributed by atoms with van der Waals surface area (Å²) in [5.41, 5.74) is 0.0256. The third-order valence-corrected chi connectivity index (χ3v) is 7.20. The van der Waals surface area contributed by atoms with Crippen molar-refractivity contribution >= 4 is 23.9 Å². The Morgan fingerprint density at radius 2 is 1.68 bits per heavy atom. The molecule has 3 amide bonds. The number of carbonyl (C=O) groups is 4. The van der Waals surface area contributed by atoms with Crippen LogP contribution in [0.25, 0.3) is 0 Å². The molecule has 10 heteroatoms. The highest BCUT2D eigenvalue weighted by Gasteiger charge is 2.31. The minimum atomic E-state index is -0.893. The average Bonchev–Trinajstić information content (AvgIpc) is 2.86. The number of esters is 1. The van der Waals surface area contributed by atoms with Crippen LogP contribution in [0.4, 0.5) is 4.79 Å². The van der Waals surface area contributed by atoms with Gasteiger partial charge >= 0.3 is 12.1 Å². The van der Waals surface area contributed by atoms with Gasteiger partial charge in [-0.3, -0.25) is 14.4 Å². The van der Waals surface area contributed by atoms with Crippen LogP contribution in [0, 0.1) is 11.8 Å². The van der Waals surface area contributed by atoms with Gasteiger partial charge in [-0.2, -0.15) is 0 Å². The molecule has 38 heavy (non-hydrogen) atoms. The molecule has 2 atom stereocenters. The lowest BCUT2D eigenvalue weighted by Crippen LogP contribution is -2.46. The Morgan fingerprint density at radius 1 is 1.03 bits per heavy atom. The molecule has 2 aliphatic heterocycles. The fraction of sp³-hybridized carbons (Fsp3) is 0.643. The Hall–Kier alpha value is -3.30. The van der Waals surface area contributed by atoms with E-state index in [0.717, 1.165) is 25.7 Å². The predicted octanol–water partition coefficient (Wildman–Crippen LogP) is 3.69. The minimum absolute atomic E-state index is 0.0204. The van der Waals surface area contributed by atoms with Crippen molar-refractivity contribution in [3.8, 4) is 5.75 Å². The Morgan fingerprint density at radius 3 is 2.29 bits per heavy atom. The molecule has 3 N–H and O–H groups in total. The zero-order valence-corrected chi connectivity index (χ0v) is 22.6. The molecular weight excluding hydrogens is 490 g/mol. The zero-order valence-electron chi connectivity index (χ0n) is 22.6. The summed E-state index contributed by atoms with van der Waals surface area (Å²) in [4.78, 5) is 53.0. The highest BCUT2D eigenvalue weighted by atomic mass is 16.6. The highest BCUT2D eigenvalue weighted by molar-refractivity contribution is 5.82. The fourth-order valence-electron chi connectivity index (χ4n) is 5.11. The molecule has 2 heterocycles. The molecule has 2 fully saturated rings. The number of nitrogens with one attached hydrogen (secondary N) is 1. The maximum atomic E-state index is 13.3. The van der Waals surface area contributed by atoms with E-state index in [-0.39, 0.29) is 29.9 Å². The number of phenolic OH excluding ortho intramolecular Hbond substituents is 1. The maximum absolute atomic E-state index is 13.3. The van der Waals surface area contributed by atoms with Crippen molar-refractivity contribution in [1.29, 1.82) is 0 Å². The summed E-state index contributed by atoms with van der Waals surface area (Å²) in [6.45, 7) is 7.30. The van der Waals surface area contributed by atoms with E-state index in [1.54, 1.807) is 37.8 Å². The summed E-state index contributed by atoms with van der Waals surface area (Å²) in [6, 6.07) is 5.73. The van der Waals surface area contributed by atoms with Crippen molar-refractivity contribution in [1.82, 2.24) is 15.1 Å². The second-order valence-corrected chi connectivity index (χ2v) is 11.4. The van der Waals surface area contributed by atoms with Gasteiger partial charge in [0.2, 0.25) is 11.8 Å². The normalized spacial score (nSPS) is 19.5. The maximum Gasteiger partial charge on any atom is 0.407 e. The standard InChI is InChI=1S/C28H41N3O7/c1-28(2,3)38-25(34)17-23(20-7-9-22(32)10-8-20)29-26(35)21-5-4-14-31(18-21)24(33)11-6-19-12-15-30(16-13-19)27(36)37/h7-10,19,21,23,32H,4-6,11-18H2,1-3H3,(H,29,35)(H,36,37)/t21-,23+/m1/s1. The summed E-state index contributed by atoms with van der Waals surface area (Å²) in [5.74, 6) is -0.602. The summed E-state index contributed by atoms with van der Waals surface area (Å²) < 4.78 is 5.46. The van der Waals surface area contributed by atoms with Crippen molar-refractivity contribution < 1.29 is 34.1 Å². The lowest BCUT2D eigenvalue weighted by molar-refractivity contribution is -0.155. The SMILES string of the molecule is CC(C)(C)OC(=O)C[C@H](NC(=O)[C@@H]1CCCN(C(=O)CCC2CCN(C(=O)O)CC2)C1)c1ccc(O)cc1. The topological polar surface area (TPSA) is 136 Å². The van der Waals surface area contributed by atoms with Crippen LogP contribution in [0.5, 0.6) is 5.75 Å². The van der Waals surface area contributed by atoms with Crippen LogP contribution in [0.1, 0.15) is 77.3 Å². The molecule has 3 rings (SSSR count). The Bertz CT molecular complexity index is 981. The molecule has 0 radical (unpaired) electrons. The molecule has 2 aliphatic rings. The van der Waals surface area contributed by atoms with Crippen LogP contribution in [0.2, 0.25) is 0 Å². The van der Waals surface area contributed by atoms with E-state index >= 15 is 0 Å². The number of piperidine rings is 2. The average molecular weight is 532 g/mol. The van der Waals surface area contributed by atoms with E-state index in [9.17, 15) is 24.3 Å². The van der Waals surface area contributed by atoms with Crippen molar-refractivity contribution in [2.45, 2.75) is 77.4 Å². The molecule has 0 aliphatic carbocycles. The van der Waals surface area contributed by atoms with Gasteiger partial charge in [-0.25, -0.2) is 4.79 Å². The second-order valence-electron chi connectivity index (χ2n) is 11.4. The van der Waals surface area contributed by atoms with Gasteiger partial charge in [0.15, 0.2) is 0 Å². The molecule has 0 unspecified atom stereocenters. The molecule has 0 spiro atoms. The molecule has 2 saturated heterocycles. The third-order valence-electron chi connectivity index (χ3n) is 7.20. The van der Waals surface area contributed by atoms with Crippen LogP contribution in [-0.2, 0) is 19.1 Å². The number of hydrogen-bond donors (Lipinski definition) is 3. The Balaban J connectivity index is 1.55. The van der Waals surface area contributed by atoms with Gasteiger partial charge in [0.1, 0.15) is 11.4 Å². The molecule has 1 aromatic carbocycles. The van der Waals surface area contributed by atoms with Gasteiger partial charge in [0.25, 0.3) is 0 Å². The van der Waals surface area contributed by atoms with Gasteiger partial charge < -0.3 is 30.1 Å².